The van der Waals surface area contributed by atoms with E-state index in [1.54, 1.807) is 12.4 Å². The van der Waals surface area contributed by atoms with Crippen LogP contribution in [0.15, 0.2) is 35.1 Å². The Hall–Kier alpha value is -1.95. The van der Waals surface area contributed by atoms with Gasteiger partial charge in [-0.15, -0.1) is 0 Å². The van der Waals surface area contributed by atoms with Gasteiger partial charge in [0, 0.05) is 48.1 Å². The first-order valence-electron chi connectivity index (χ1n) is 9.26. The van der Waals surface area contributed by atoms with E-state index >= 15 is 0 Å². The van der Waals surface area contributed by atoms with Gasteiger partial charge in [-0.05, 0) is 61.9 Å². The maximum atomic E-state index is 13.3. The fraction of sp³-hybridized carbons (Fsp3) is 0.450. The van der Waals surface area contributed by atoms with Crippen LogP contribution in [0.25, 0.3) is 0 Å². The molecule has 1 aromatic heterocycles. The summed E-state index contributed by atoms with van der Waals surface area (Å²) < 4.78 is 1.10. The van der Waals surface area contributed by atoms with Gasteiger partial charge in [-0.3, -0.25) is 4.79 Å². The van der Waals surface area contributed by atoms with Crippen LogP contribution in [0.3, 0.4) is 0 Å². The summed E-state index contributed by atoms with van der Waals surface area (Å²) in [5.41, 5.74) is 3.60. The highest BCUT2D eigenvalue weighted by molar-refractivity contribution is 9.10. The van der Waals surface area contributed by atoms with Crippen molar-refractivity contribution >= 4 is 33.5 Å². The maximum Gasteiger partial charge on any atom is 0.230 e. The molecule has 1 aromatic carbocycles. The van der Waals surface area contributed by atoms with Crippen LogP contribution in [0.4, 0.5) is 11.6 Å². The van der Waals surface area contributed by atoms with Gasteiger partial charge in [0.05, 0.1) is 0 Å². The van der Waals surface area contributed by atoms with Crippen molar-refractivity contribution in [1.29, 1.82) is 0 Å². The summed E-state index contributed by atoms with van der Waals surface area (Å²) in [6, 6.07) is 6.10. The smallest absolute Gasteiger partial charge is 0.230 e. The van der Waals surface area contributed by atoms with Gasteiger partial charge in [-0.25, -0.2) is 9.97 Å². The number of carbonyl (C=O) groups is 1. The van der Waals surface area contributed by atoms with E-state index in [-0.39, 0.29) is 11.8 Å². The summed E-state index contributed by atoms with van der Waals surface area (Å²) >= 11 is 3.58. The zero-order valence-electron chi connectivity index (χ0n) is 15.0. The highest BCUT2D eigenvalue weighted by Crippen LogP contribution is 2.35. The van der Waals surface area contributed by atoms with Crippen molar-refractivity contribution in [3.8, 4) is 0 Å². The SMILES string of the molecule is Cc1cc(Br)cc2c1N(C(=O)C1CCN(c3ncccn3)CC1)CCC2. The number of rotatable bonds is 2. The molecule has 0 unspecified atom stereocenters. The molecule has 136 valence electrons. The van der Waals surface area contributed by atoms with Crippen LogP contribution in [-0.2, 0) is 11.2 Å². The normalized spacial score (nSPS) is 17.9. The molecule has 0 bridgehead atoms. The molecule has 1 saturated heterocycles. The predicted molar refractivity (Wildman–Crippen MR) is 107 cm³/mol. The number of hydrogen-bond donors (Lipinski definition) is 0. The summed E-state index contributed by atoms with van der Waals surface area (Å²) in [6.07, 6.45) is 7.34. The minimum atomic E-state index is 0.0870. The van der Waals surface area contributed by atoms with Crippen molar-refractivity contribution in [3.63, 3.8) is 0 Å². The van der Waals surface area contributed by atoms with Crippen LogP contribution >= 0.6 is 15.9 Å². The average molecular weight is 415 g/mol. The summed E-state index contributed by atoms with van der Waals surface area (Å²) in [7, 11) is 0. The Morgan fingerprint density at radius 3 is 2.62 bits per heavy atom. The minimum absolute atomic E-state index is 0.0870. The molecule has 1 amide bonds. The lowest BCUT2D eigenvalue weighted by molar-refractivity contribution is -0.123. The van der Waals surface area contributed by atoms with Gasteiger partial charge in [0.15, 0.2) is 0 Å². The zero-order valence-corrected chi connectivity index (χ0v) is 16.6. The van der Waals surface area contributed by atoms with E-state index in [1.807, 2.05) is 11.0 Å². The number of anilines is 2. The molecular formula is C20H23BrN4O. The largest absolute Gasteiger partial charge is 0.341 e. The fourth-order valence-electron chi connectivity index (χ4n) is 4.14. The Bertz CT molecular complexity index is 803. The quantitative estimate of drug-likeness (QED) is 0.750. The number of fused-ring (bicyclic) bond motifs is 1. The second-order valence-electron chi connectivity index (χ2n) is 7.13. The van der Waals surface area contributed by atoms with E-state index < -0.39 is 0 Å². The van der Waals surface area contributed by atoms with E-state index in [1.165, 1.54) is 11.1 Å². The molecule has 2 aliphatic heterocycles. The molecule has 5 nitrogen and oxygen atoms in total. The third-order valence-electron chi connectivity index (χ3n) is 5.39. The molecule has 2 aromatic rings. The van der Waals surface area contributed by atoms with Gasteiger partial charge in [0.2, 0.25) is 11.9 Å². The van der Waals surface area contributed by atoms with Gasteiger partial charge in [-0.2, -0.15) is 0 Å². The second kappa shape index (κ2) is 7.35. The topological polar surface area (TPSA) is 49.3 Å². The van der Waals surface area contributed by atoms with Crippen molar-refractivity contribution in [2.75, 3.05) is 29.4 Å². The van der Waals surface area contributed by atoms with Gasteiger partial charge in [-0.1, -0.05) is 15.9 Å². The number of aromatic nitrogens is 2. The summed E-state index contributed by atoms with van der Waals surface area (Å²) in [5.74, 6) is 1.14. The van der Waals surface area contributed by atoms with E-state index in [0.29, 0.717) is 0 Å². The van der Waals surface area contributed by atoms with E-state index in [9.17, 15) is 4.79 Å². The molecule has 1 fully saturated rings. The minimum Gasteiger partial charge on any atom is -0.341 e. The molecule has 3 heterocycles. The second-order valence-corrected chi connectivity index (χ2v) is 8.05. The number of hydrogen-bond acceptors (Lipinski definition) is 4. The molecule has 26 heavy (non-hydrogen) atoms. The van der Waals surface area contributed by atoms with Crippen molar-refractivity contribution in [3.05, 3.63) is 46.2 Å². The van der Waals surface area contributed by atoms with Gasteiger partial charge < -0.3 is 9.80 Å². The van der Waals surface area contributed by atoms with Gasteiger partial charge in [0.25, 0.3) is 0 Å². The first kappa shape index (κ1) is 17.5. The monoisotopic (exact) mass is 414 g/mol. The first-order chi connectivity index (χ1) is 12.6. The molecule has 0 aliphatic carbocycles. The summed E-state index contributed by atoms with van der Waals surface area (Å²) in [5, 5.41) is 0. The lowest BCUT2D eigenvalue weighted by atomic mass is 9.92. The van der Waals surface area contributed by atoms with E-state index in [2.05, 4.69) is 49.9 Å². The number of aryl methyl sites for hydroxylation is 2. The van der Waals surface area contributed by atoms with Crippen molar-refractivity contribution in [1.82, 2.24) is 9.97 Å². The van der Waals surface area contributed by atoms with E-state index in [0.717, 1.165) is 61.4 Å². The Morgan fingerprint density at radius 2 is 1.88 bits per heavy atom. The number of benzene rings is 1. The molecule has 4 rings (SSSR count). The number of carbonyl (C=O) groups excluding carboxylic acids is 1. The van der Waals surface area contributed by atoms with Crippen LogP contribution in [0, 0.1) is 12.8 Å². The highest BCUT2D eigenvalue weighted by Gasteiger charge is 2.32. The third kappa shape index (κ3) is 3.34. The first-order valence-corrected chi connectivity index (χ1v) is 10.0. The summed E-state index contributed by atoms with van der Waals surface area (Å²) in [6.45, 7) is 4.60. The standard InChI is InChI=1S/C20H23BrN4O/c1-14-12-17(21)13-16-4-2-9-25(18(14)16)19(26)15-5-10-24(11-6-15)20-22-7-3-8-23-20/h3,7-8,12-13,15H,2,4-6,9-11H2,1H3. The molecule has 0 spiro atoms. The number of amides is 1. The Morgan fingerprint density at radius 1 is 1.15 bits per heavy atom. The molecule has 2 aliphatic rings. The molecule has 0 atom stereocenters. The van der Waals surface area contributed by atoms with Gasteiger partial charge >= 0.3 is 0 Å². The molecule has 0 N–H and O–H groups in total. The van der Waals surface area contributed by atoms with Crippen LogP contribution in [0.2, 0.25) is 0 Å². The van der Waals surface area contributed by atoms with Crippen LogP contribution in [0.5, 0.6) is 0 Å². The van der Waals surface area contributed by atoms with Gasteiger partial charge in [0.1, 0.15) is 0 Å². The fourth-order valence-corrected chi connectivity index (χ4v) is 4.76. The van der Waals surface area contributed by atoms with Crippen LogP contribution < -0.4 is 9.80 Å². The molecule has 0 saturated carbocycles. The van der Waals surface area contributed by atoms with Crippen molar-refractivity contribution < 1.29 is 4.79 Å². The molecular weight excluding hydrogens is 392 g/mol. The third-order valence-corrected chi connectivity index (χ3v) is 5.85. The average Bonchev–Trinajstić information content (AvgIpc) is 2.67. The van der Waals surface area contributed by atoms with Crippen molar-refractivity contribution in [2.45, 2.75) is 32.6 Å². The van der Waals surface area contributed by atoms with Crippen LogP contribution in [0.1, 0.15) is 30.4 Å². The number of halogens is 1. The maximum absolute atomic E-state index is 13.3. The van der Waals surface area contributed by atoms with Crippen molar-refractivity contribution in [2.24, 2.45) is 5.92 Å². The van der Waals surface area contributed by atoms with E-state index in [4.69, 9.17) is 0 Å². The number of piperidine rings is 1. The number of nitrogens with zero attached hydrogens (tertiary/aromatic N) is 4. The highest BCUT2D eigenvalue weighted by atomic mass is 79.9. The Balaban J connectivity index is 1.49. The lowest BCUT2D eigenvalue weighted by Crippen LogP contribution is -2.45. The Labute approximate surface area is 162 Å². The molecule has 6 heteroatoms. The zero-order chi connectivity index (χ0) is 18.1. The Kier molecular flexibility index (Phi) is 4.94. The summed E-state index contributed by atoms with van der Waals surface area (Å²) in [4.78, 5) is 26.1. The predicted octanol–water partition coefficient (Wildman–Crippen LogP) is 3.74. The van der Waals surface area contributed by atoms with Crippen LogP contribution in [-0.4, -0.2) is 35.5 Å². The lowest BCUT2D eigenvalue weighted by Gasteiger charge is -2.37. The molecule has 0 radical (unpaired) electrons.